The maximum Gasteiger partial charge on any atom is 0.116 e. The highest BCUT2D eigenvalue weighted by atomic mass is 16.1. The lowest BCUT2D eigenvalue weighted by Gasteiger charge is -2.07. The van der Waals surface area contributed by atoms with Crippen molar-refractivity contribution in [2.75, 3.05) is 20.1 Å². The van der Waals surface area contributed by atoms with E-state index in [1.807, 2.05) is 20.2 Å². The van der Waals surface area contributed by atoms with Crippen molar-refractivity contribution in [2.24, 2.45) is 9.98 Å². The summed E-state index contributed by atoms with van der Waals surface area (Å²) in [6, 6.07) is 16.9. The Morgan fingerprint density at radius 3 is 2.12 bits per heavy atom. The molecule has 0 spiro atoms. The number of hydrogen-bond donors (Lipinski definition) is 1. The largest absolute Gasteiger partial charge is 0.320 e. The van der Waals surface area contributed by atoms with Crippen LogP contribution in [-0.2, 0) is 4.79 Å². The summed E-state index contributed by atoms with van der Waals surface area (Å²) >= 11 is 0. The summed E-state index contributed by atoms with van der Waals surface area (Å²) in [6.45, 7) is 16.0. The van der Waals surface area contributed by atoms with Crippen LogP contribution in [0.3, 0.4) is 0 Å². The zero-order chi connectivity index (χ0) is 31.9. The van der Waals surface area contributed by atoms with E-state index in [4.69, 9.17) is 9.79 Å². The Morgan fingerprint density at radius 2 is 1.51 bits per heavy atom. The first-order valence-corrected chi connectivity index (χ1v) is 15.4. The van der Waals surface area contributed by atoms with E-state index in [9.17, 15) is 0 Å². The van der Waals surface area contributed by atoms with Crippen LogP contribution in [0.15, 0.2) is 112 Å². The summed E-state index contributed by atoms with van der Waals surface area (Å²) < 4.78 is 0. The summed E-state index contributed by atoms with van der Waals surface area (Å²) in [5.41, 5.74) is 10.8. The summed E-state index contributed by atoms with van der Waals surface area (Å²) in [5.74, 6) is 0. The Kier molecular flexibility index (Phi) is 19.6. The number of aliphatic imine (C=N–C) groups is 2. The monoisotopic (exact) mass is 579 g/mol. The number of carbonyl (C=O) groups excluding carboxylic acids is 1. The predicted octanol–water partition coefficient (Wildman–Crippen LogP) is 9.60. The Hall–Kier alpha value is -3.89. The number of nitrogens with zero attached hydrogens (tertiary/aromatic N) is 2. The van der Waals surface area contributed by atoms with Crippen molar-refractivity contribution in [1.29, 1.82) is 0 Å². The molecule has 0 unspecified atom stereocenters. The molecular weight excluding hydrogens is 526 g/mol. The Balaban J connectivity index is 0.000000337. The maximum atomic E-state index is 8.81. The Labute approximate surface area is 261 Å². The van der Waals surface area contributed by atoms with Crippen LogP contribution in [0.1, 0.15) is 82.6 Å². The van der Waals surface area contributed by atoms with Gasteiger partial charge in [0.05, 0.1) is 12.3 Å². The first kappa shape index (κ1) is 37.1. The summed E-state index contributed by atoms with van der Waals surface area (Å²) in [4.78, 5) is 18.0. The SMILES string of the molecule is C/C1=C/C(c2ccccc2C)=N/C(C)=C(\C)C=NC1.CC=O.CCCCCNC.Cc1ccccc1C1=CC=CCC=C1. The topological polar surface area (TPSA) is 53.8 Å². The maximum absolute atomic E-state index is 8.81. The van der Waals surface area contributed by atoms with Gasteiger partial charge >= 0.3 is 0 Å². The number of rotatable bonds is 6. The molecule has 0 fully saturated rings. The third kappa shape index (κ3) is 15.2. The fourth-order valence-corrected chi connectivity index (χ4v) is 4.21. The number of unbranched alkanes of at least 4 members (excludes halogenated alkanes) is 2. The molecule has 1 aliphatic carbocycles. The number of aldehydes is 1. The van der Waals surface area contributed by atoms with Gasteiger partial charge in [-0.2, -0.15) is 0 Å². The van der Waals surface area contributed by atoms with E-state index >= 15 is 0 Å². The van der Waals surface area contributed by atoms with Gasteiger partial charge in [0, 0.05) is 17.5 Å². The van der Waals surface area contributed by atoms with Gasteiger partial charge in [0.2, 0.25) is 0 Å². The van der Waals surface area contributed by atoms with Crippen molar-refractivity contribution in [3.8, 4) is 0 Å². The van der Waals surface area contributed by atoms with Crippen molar-refractivity contribution < 1.29 is 4.79 Å². The number of benzene rings is 2. The first-order chi connectivity index (χ1) is 20.8. The van der Waals surface area contributed by atoms with Gasteiger partial charge in [0.1, 0.15) is 6.29 Å². The first-order valence-electron chi connectivity index (χ1n) is 15.4. The van der Waals surface area contributed by atoms with E-state index < -0.39 is 0 Å². The van der Waals surface area contributed by atoms with E-state index in [1.54, 1.807) is 0 Å². The molecule has 2 aliphatic rings. The van der Waals surface area contributed by atoms with Crippen LogP contribution in [0.25, 0.3) is 5.57 Å². The lowest BCUT2D eigenvalue weighted by molar-refractivity contribution is -0.106. The Morgan fingerprint density at radius 1 is 0.884 bits per heavy atom. The second kappa shape index (κ2) is 22.7. The van der Waals surface area contributed by atoms with Gasteiger partial charge < -0.3 is 10.1 Å². The highest BCUT2D eigenvalue weighted by molar-refractivity contribution is 6.10. The van der Waals surface area contributed by atoms with Crippen LogP contribution >= 0.6 is 0 Å². The van der Waals surface area contributed by atoms with Crippen LogP contribution in [0, 0.1) is 13.8 Å². The van der Waals surface area contributed by atoms with Gasteiger partial charge in [0.25, 0.3) is 0 Å². The second-order valence-electron chi connectivity index (χ2n) is 10.6. The average molecular weight is 580 g/mol. The Bertz CT molecular complexity index is 1330. The summed E-state index contributed by atoms with van der Waals surface area (Å²) in [6.07, 6.45) is 20.7. The fourth-order valence-electron chi connectivity index (χ4n) is 4.21. The fraction of sp³-hybridized carbons (Fsp3) is 0.359. The third-order valence-electron chi connectivity index (χ3n) is 6.76. The van der Waals surface area contributed by atoms with Gasteiger partial charge in [-0.1, -0.05) is 98.7 Å². The molecule has 2 aromatic carbocycles. The minimum Gasteiger partial charge on any atom is -0.320 e. The van der Waals surface area contributed by atoms with Crippen molar-refractivity contribution >= 4 is 23.8 Å². The lowest BCUT2D eigenvalue weighted by Crippen LogP contribution is -2.06. The molecule has 0 saturated carbocycles. The summed E-state index contributed by atoms with van der Waals surface area (Å²) in [5, 5.41) is 3.10. The van der Waals surface area contributed by atoms with Crippen LogP contribution in [-0.4, -0.2) is 38.3 Å². The number of aryl methyl sites for hydroxylation is 2. The zero-order valence-electron chi connectivity index (χ0n) is 27.8. The highest BCUT2D eigenvalue weighted by Gasteiger charge is 2.07. The van der Waals surface area contributed by atoms with Crippen molar-refractivity contribution in [3.05, 3.63) is 124 Å². The number of carbonyl (C=O) groups is 1. The van der Waals surface area contributed by atoms with Gasteiger partial charge in [-0.05, 0) is 107 Å². The zero-order valence-corrected chi connectivity index (χ0v) is 27.8. The molecule has 230 valence electrons. The molecule has 1 aliphatic heterocycles. The van der Waals surface area contributed by atoms with E-state index in [2.05, 4.69) is 130 Å². The van der Waals surface area contributed by atoms with Crippen LogP contribution in [0.2, 0.25) is 0 Å². The van der Waals surface area contributed by atoms with Crippen molar-refractivity contribution in [2.45, 2.75) is 74.1 Å². The third-order valence-corrected chi connectivity index (χ3v) is 6.76. The number of nitrogens with one attached hydrogen (secondary N) is 1. The lowest BCUT2D eigenvalue weighted by atomic mass is 10.0. The average Bonchev–Trinajstić information content (AvgIpc) is 3.25. The van der Waals surface area contributed by atoms with Gasteiger partial charge in [-0.15, -0.1) is 0 Å². The second-order valence-corrected chi connectivity index (χ2v) is 10.6. The molecule has 4 rings (SSSR count). The van der Waals surface area contributed by atoms with Crippen LogP contribution in [0.4, 0.5) is 0 Å². The van der Waals surface area contributed by atoms with Crippen molar-refractivity contribution in [1.82, 2.24) is 5.32 Å². The predicted molar refractivity (Wildman–Crippen MR) is 190 cm³/mol. The number of hydrogen-bond acceptors (Lipinski definition) is 4. The van der Waals surface area contributed by atoms with E-state index in [-0.39, 0.29) is 0 Å². The molecule has 0 saturated heterocycles. The molecule has 2 aromatic rings. The minimum absolute atomic E-state index is 0.732. The molecule has 0 atom stereocenters. The molecule has 0 bridgehead atoms. The molecule has 43 heavy (non-hydrogen) atoms. The van der Waals surface area contributed by atoms with Crippen LogP contribution < -0.4 is 5.32 Å². The molecular formula is C39H53N3O. The molecule has 0 aromatic heterocycles. The van der Waals surface area contributed by atoms with E-state index in [0.717, 1.165) is 36.2 Å². The molecule has 4 nitrogen and oxygen atoms in total. The van der Waals surface area contributed by atoms with Crippen molar-refractivity contribution in [3.63, 3.8) is 0 Å². The van der Waals surface area contributed by atoms with Gasteiger partial charge in [-0.3, -0.25) is 9.98 Å². The molecule has 0 amide bonds. The highest BCUT2D eigenvalue weighted by Crippen LogP contribution is 2.21. The molecule has 4 heteroatoms. The smallest absolute Gasteiger partial charge is 0.116 e. The minimum atomic E-state index is 0.732. The molecule has 1 N–H and O–H groups in total. The standard InChI is InChI=1S/C17H20N2.C14H14.C6H15N.C2H4O/c1-12-9-17(16-8-6-5-7-13(16)2)19-15(4)14(3)11-18-10-12;1-12-8-6-7-11-14(12)13-9-4-2-3-5-10-13;1-3-4-5-6-7-2;1-2-3/h5-9,11H,10H2,1-4H3;2,4-11H,3H2,1H3;7H,3-6H2,1-2H3;2H,1H3/b12-9-,15-14+,18-11?,19-17-;;;. The molecule has 0 radical (unpaired) electrons. The normalized spacial score (nSPS) is 18.1. The van der Waals surface area contributed by atoms with E-state index in [0.29, 0.717) is 0 Å². The summed E-state index contributed by atoms with van der Waals surface area (Å²) in [7, 11) is 2.00. The number of allylic oxidation sites excluding steroid dienone is 9. The quantitative estimate of drug-likeness (QED) is 0.274. The van der Waals surface area contributed by atoms with Gasteiger partial charge in [0.15, 0.2) is 0 Å². The van der Waals surface area contributed by atoms with E-state index in [1.165, 1.54) is 66.1 Å². The van der Waals surface area contributed by atoms with Gasteiger partial charge in [-0.25, -0.2) is 0 Å². The van der Waals surface area contributed by atoms with Crippen LogP contribution in [0.5, 0.6) is 0 Å². The molecule has 1 heterocycles.